The molecule has 2 atom stereocenters. The van der Waals surface area contributed by atoms with Crippen molar-refractivity contribution >= 4 is 29.1 Å². The Kier molecular flexibility index (Phi) is 12.0. The van der Waals surface area contributed by atoms with Crippen molar-refractivity contribution < 1.29 is 19.1 Å². The van der Waals surface area contributed by atoms with Gasteiger partial charge >= 0.3 is 0 Å². The van der Waals surface area contributed by atoms with Gasteiger partial charge < -0.3 is 14.8 Å². The van der Waals surface area contributed by atoms with Gasteiger partial charge in [-0.2, -0.15) is 0 Å². The quantitative estimate of drug-likeness (QED) is 0.207. The monoisotopic (exact) mass is 506 g/mol. The first kappa shape index (κ1) is 27.7. The van der Waals surface area contributed by atoms with E-state index in [1.165, 1.54) is 6.08 Å². The lowest BCUT2D eigenvalue weighted by atomic mass is 10.1. The summed E-state index contributed by atoms with van der Waals surface area (Å²) in [5, 5.41) is 4.25. The zero-order chi connectivity index (χ0) is 24.9. The summed E-state index contributed by atoms with van der Waals surface area (Å²) in [5.41, 5.74) is 4.39. The van der Waals surface area contributed by atoms with Crippen molar-refractivity contribution in [2.45, 2.75) is 45.4 Å². The SMILES string of the molecule is C=C(C)/C=C(/C=C/C(=O)NOC1CCCCO1)\C=C(\Cl)C(=C)N[C@H](C)COc1ccc(Cl)cc1. The Morgan fingerprint density at radius 2 is 1.97 bits per heavy atom. The molecular formula is C26H32Cl2N2O4. The van der Waals surface area contributed by atoms with Crippen LogP contribution in [0.25, 0.3) is 0 Å². The van der Waals surface area contributed by atoms with E-state index in [-0.39, 0.29) is 6.04 Å². The second kappa shape index (κ2) is 14.7. The molecule has 0 bridgehead atoms. The number of hydrogen-bond acceptors (Lipinski definition) is 5. The van der Waals surface area contributed by atoms with Crippen LogP contribution >= 0.6 is 23.2 Å². The fourth-order valence-electron chi connectivity index (χ4n) is 2.95. The second-order valence-electron chi connectivity index (χ2n) is 7.99. The Balaban J connectivity index is 1.89. The molecule has 0 saturated carbocycles. The maximum Gasteiger partial charge on any atom is 0.267 e. The summed E-state index contributed by atoms with van der Waals surface area (Å²) in [7, 11) is 0. The first-order valence-electron chi connectivity index (χ1n) is 11.1. The van der Waals surface area contributed by atoms with Gasteiger partial charge in [0.15, 0.2) is 6.29 Å². The van der Waals surface area contributed by atoms with Crippen molar-refractivity contribution in [2.75, 3.05) is 13.2 Å². The molecule has 8 heteroatoms. The molecule has 0 aromatic heterocycles. The summed E-state index contributed by atoms with van der Waals surface area (Å²) in [6.45, 7) is 12.7. The fraction of sp³-hybridized carbons (Fsp3) is 0.346. The zero-order valence-corrected chi connectivity index (χ0v) is 21.1. The van der Waals surface area contributed by atoms with Gasteiger partial charge in [-0.05, 0) is 68.7 Å². The molecular weight excluding hydrogens is 475 g/mol. The molecule has 2 rings (SSSR count). The van der Waals surface area contributed by atoms with Crippen LogP contribution in [0, 0.1) is 0 Å². The van der Waals surface area contributed by atoms with Crippen LogP contribution in [0.4, 0.5) is 0 Å². The maximum absolute atomic E-state index is 12.1. The summed E-state index contributed by atoms with van der Waals surface area (Å²) in [4.78, 5) is 17.4. The van der Waals surface area contributed by atoms with E-state index in [9.17, 15) is 4.79 Å². The largest absolute Gasteiger partial charge is 0.491 e. The lowest BCUT2D eigenvalue weighted by Crippen LogP contribution is -2.32. The minimum Gasteiger partial charge on any atom is -0.491 e. The molecule has 6 nitrogen and oxygen atoms in total. The maximum atomic E-state index is 12.1. The minimum absolute atomic E-state index is 0.0561. The van der Waals surface area contributed by atoms with Crippen LogP contribution in [-0.2, 0) is 14.4 Å². The van der Waals surface area contributed by atoms with E-state index in [1.807, 2.05) is 13.8 Å². The average molecular weight is 507 g/mol. The number of benzene rings is 1. The molecule has 1 amide bonds. The lowest BCUT2D eigenvalue weighted by Gasteiger charge is -2.21. The number of hydroxylamine groups is 1. The third kappa shape index (κ3) is 11.1. The molecule has 0 spiro atoms. The number of nitrogens with one attached hydrogen (secondary N) is 2. The van der Waals surface area contributed by atoms with Gasteiger partial charge in [-0.25, -0.2) is 10.3 Å². The first-order valence-corrected chi connectivity index (χ1v) is 11.8. The Labute approximate surface area is 211 Å². The molecule has 1 aliphatic heterocycles. The number of allylic oxidation sites excluding steroid dienone is 6. The highest BCUT2D eigenvalue weighted by molar-refractivity contribution is 6.32. The van der Waals surface area contributed by atoms with Gasteiger partial charge in [0.25, 0.3) is 5.91 Å². The topological polar surface area (TPSA) is 68.8 Å². The average Bonchev–Trinajstić information content (AvgIpc) is 2.81. The van der Waals surface area contributed by atoms with Gasteiger partial charge in [-0.3, -0.25) is 4.79 Å². The third-order valence-electron chi connectivity index (χ3n) is 4.59. The Morgan fingerprint density at radius 1 is 1.24 bits per heavy atom. The van der Waals surface area contributed by atoms with Crippen LogP contribution in [-0.4, -0.2) is 31.5 Å². The molecule has 0 radical (unpaired) electrons. The summed E-state index contributed by atoms with van der Waals surface area (Å²) in [6.07, 6.45) is 8.84. The van der Waals surface area contributed by atoms with Gasteiger partial charge in [-0.1, -0.05) is 48.0 Å². The van der Waals surface area contributed by atoms with Crippen LogP contribution in [0.5, 0.6) is 5.75 Å². The van der Waals surface area contributed by atoms with E-state index in [4.69, 9.17) is 37.5 Å². The van der Waals surface area contributed by atoms with Crippen molar-refractivity contribution in [2.24, 2.45) is 0 Å². The third-order valence-corrected chi connectivity index (χ3v) is 5.17. The lowest BCUT2D eigenvalue weighted by molar-refractivity contribution is -0.198. The molecule has 2 N–H and O–H groups in total. The minimum atomic E-state index is -0.411. The summed E-state index contributed by atoms with van der Waals surface area (Å²) in [5.74, 6) is 0.315. The smallest absolute Gasteiger partial charge is 0.267 e. The molecule has 1 aromatic rings. The molecule has 1 unspecified atom stereocenters. The van der Waals surface area contributed by atoms with Crippen LogP contribution in [0.3, 0.4) is 0 Å². The Morgan fingerprint density at radius 3 is 2.62 bits per heavy atom. The fourth-order valence-corrected chi connectivity index (χ4v) is 3.26. The van der Waals surface area contributed by atoms with Crippen LogP contribution in [0.15, 0.2) is 83.6 Å². The standard InChI is InChI=1S/C26H32Cl2N2O4/c1-18(2)15-21(8-13-25(31)30-34-26-7-5-6-14-32-26)16-24(28)20(4)29-19(3)17-33-23-11-9-22(27)10-12-23/h8-13,15-16,19,26,29H,1,4-7,14,17H2,2-3H3,(H,30,31)/b13-8+,21-15-,24-16+/t19-,26?/m1/s1. The number of hydrogen-bond donors (Lipinski definition) is 2. The summed E-state index contributed by atoms with van der Waals surface area (Å²) < 4.78 is 11.2. The van der Waals surface area contributed by atoms with Crippen LogP contribution in [0.2, 0.25) is 5.02 Å². The van der Waals surface area contributed by atoms with E-state index in [0.29, 0.717) is 34.5 Å². The predicted molar refractivity (Wildman–Crippen MR) is 137 cm³/mol. The van der Waals surface area contributed by atoms with Crippen LogP contribution < -0.4 is 15.5 Å². The number of ether oxygens (including phenoxy) is 2. The molecule has 1 aromatic carbocycles. The Hall–Kier alpha value is -2.51. The highest BCUT2D eigenvalue weighted by atomic mass is 35.5. The highest BCUT2D eigenvalue weighted by Crippen LogP contribution is 2.18. The van der Waals surface area contributed by atoms with E-state index >= 15 is 0 Å². The van der Waals surface area contributed by atoms with Crippen molar-refractivity contribution in [3.05, 3.63) is 88.6 Å². The van der Waals surface area contributed by atoms with Gasteiger partial charge in [0.05, 0.1) is 11.1 Å². The normalized spacial score (nSPS) is 17.8. The molecule has 1 heterocycles. The van der Waals surface area contributed by atoms with Gasteiger partial charge in [0, 0.05) is 29.8 Å². The van der Waals surface area contributed by atoms with Crippen molar-refractivity contribution in [1.29, 1.82) is 0 Å². The number of halogens is 2. The van der Waals surface area contributed by atoms with Crippen LogP contribution in [0.1, 0.15) is 33.1 Å². The molecule has 0 aliphatic carbocycles. The van der Waals surface area contributed by atoms with Crippen molar-refractivity contribution in [3.8, 4) is 5.75 Å². The van der Waals surface area contributed by atoms with Crippen molar-refractivity contribution in [1.82, 2.24) is 10.8 Å². The van der Waals surface area contributed by atoms with E-state index in [1.54, 1.807) is 42.5 Å². The van der Waals surface area contributed by atoms with E-state index < -0.39 is 12.2 Å². The predicted octanol–water partition coefficient (Wildman–Crippen LogP) is 5.97. The molecule has 1 saturated heterocycles. The van der Waals surface area contributed by atoms with E-state index in [0.717, 1.165) is 30.6 Å². The summed E-state index contributed by atoms with van der Waals surface area (Å²) >= 11 is 12.4. The number of rotatable bonds is 12. The molecule has 34 heavy (non-hydrogen) atoms. The van der Waals surface area contributed by atoms with Gasteiger partial charge in [-0.15, -0.1) is 0 Å². The number of carbonyl (C=O) groups excluding carboxylic acids is 1. The Bertz CT molecular complexity index is 933. The zero-order valence-electron chi connectivity index (χ0n) is 19.6. The van der Waals surface area contributed by atoms with E-state index in [2.05, 4.69) is 24.0 Å². The first-order chi connectivity index (χ1) is 16.2. The molecule has 1 fully saturated rings. The van der Waals surface area contributed by atoms with Crippen molar-refractivity contribution in [3.63, 3.8) is 0 Å². The highest BCUT2D eigenvalue weighted by Gasteiger charge is 2.15. The molecule has 1 aliphatic rings. The molecule has 184 valence electrons. The second-order valence-corrected chi connectivity index (χ2v) is 8.83. The van der Waals surface area contributed by atoms with Gasteiger partial charge in [0.2, 0.25) is 0 Å². The number of carbonyl (C=O) groups is 1. The van der Waals surface area contributed by atoms with Gasteiger partial charge in [0.1, 0.15) is 12.4 Å². The summed E-state index contributed by atoms with van der Waals surface area (Å²) in [6, 6.07) is 7.10. The number of amides is 1.